The lowest BCUT2D eigenvalue weighted by Crippen LogP contribution is -2.46. The molecule has 0 spiro atoms. The molecule has 2 unspecified atom stereocenters. The van der Waals surface area contributed by atoms with E-state index in [0.29, 0.717) is 18.9 Å². The minimum absolute atomic E-state index is 0.0998. The number of rotatable bonds is 3. The quantitative estimate of drug-likeness (QED) is 0.774. The first-order valence-corrected chi connectivity index (χ1v) is 6.84. The van der Waals surface area contributed by atoms with E-state index in [1.807, 2.05) is 6.92 Å². The minimum atomic E-state index is -3.27. The Kier molecular flexibility index (Phi) is 3.72. The summed E-state index contributed by atoms with van der Waals surface area (Å²) >= 11 is 0. The van der Waals surface area contributed by atoms with E-state index >= 15 is 0 Å². The van der Waals surface area contributed by atoms with Gasteiger partial charge in [-0.05, 0) is 18.8 Å². The lowest BCUT2D eigenvalue weighted by Gasteiger charge is -2.35. The average molecular weight is 235 g/mol. The lowest BCUT2D eigenvalue weighted by molar-refractivity contribution is -0.138. The first-order chi connectivity index (χ1) is 6.80. The van der Waals surface area contributed by atoms with Crippen LogP contribution in [-0.2, 0) is 14.8 Å². The summed E-state index contributed by atoms with van der Waals surface area (Å²) in [6, 6.07) is -0.374. The number of hydrogen-bond acceptors (Lipinski definition) is 3. The van der Waals surface area contributed by atoms with Crippen LogP contribution in [0.4, 0.5) is 0 Å². The smallest absolute Gasteiger partial charge is 0.304 e. The van der Waals surface area contributed by atoms with Crippen LogP contribution in [0.25, 0.3) is 0 Å². The summed E-state index contributed by atoms with van der Waals surface area (Å²) in [6.45, 7) is 2.46. The van der Waals surface area contributed by atoms with Crippen LogP contribution < -0.4 is 0 Å². The molecule has 5 nitrogen and oxygen atoms in total. The summed E-state index contributed by atoms with van der Waals surface area (Å²) in [7, 11) is -3.27. The van der Waals surface area contributed by atoms with Crippen molar-refractivity contribution >= 4 is 16.0 Å². The molecule has 0 radical (unpaired) electrons. The largest absolute Gasteiger partial charge is 0.481 e. The monoisotopic (exact) mass is 235 g/mol. The van der Waals surface area contributed by atoms with E-state index in [0.717, 1.165) is 12.7 Å². The molecule has 0 aromatic carbocycles. The third-order valence-electron chi connectivity index (χ3n) is 2.76. The van der Waals surface area contributed by atoms with Gasteiger partial charge in [0.05, 0.1) is 12.7 Å². The molecule has 0 amide bonds. The van der Waals surface area contributed by atoms with E-state index in [1.165, 1.54) is 4.31 Å². The van der Waals surface area contributed by atoms with Gasteiger partial charge < -0.3 is 5.11 Å². The third kappa shape index (κ3) is 3.46. The summed E-state index contributed by atoms with van der Waals surface area (Å²) in [6.07, 6.45) is 2.48. The van der Waals surface area contributed by atoms with E-state index < -0.39 is 16.0 Å². The van der Waals surface area contributed by atoms with Crippen LogP contribution in [0.3, 0.4) is 0 Å². The molecule has 0 bridgehead atoms. The number of carbonyl (C=O) groups is 1. The van der Waals surface area contributed by atoms with Gasteiger partial charge >= 0.3 is 5.97 Å². The number of carboxylic acid groups (broad SMARTS) is 1. The minimum Gasteiger partial charge on any atom is -0.481 e. The lowest BCUT2D eigenvalue weighted by atomic mass is 9.93. The van der Waals surface area contributed by atoms with Crippen molar-refractivity contribution in [3.05, 3.63) is 0 Å². The van der Waals surface area contributed by atoms with E-state index in [4.69, 9.17) is 5.11 Å². The number of nitrogens with zero attached hydrogens (tertiary/aromatic N) is 1. The molecule has 0 aliphatic carbocycles. The molecule has 15 heavy (non-hydrogen) atoms. The predicted molar refractivity (Wildman–Crippen MR) is 56.0 cm³/mol. The van der Waals surface area contributed by atoms with E-state index in [1.54, 1.807) is 0 Å². The number of piperidine rings is 1. The van der Waals surface area contributed by atoms with Crippen molar-refractivity contribution in [1.82, 2.24) is 4.31 Å². The highest BCUT2D eigenvalue weighted by molar-refractivity contribution is 7.88. The standard InChI is InChI=1S/C9H17NO4S/c1-7-3-4-10(15(2,13)14)8(5-7)6-9(11)12/h7-8H,3-6H2,1-2H3,(H,11,12). The Hall–Kier alpha value is -0.620. The topological polar surface area (TPSA) is 74.7 Å². The molecule has 88 valence electrons. The number of carboxylic acids is 1. The van der Waals surface area contributed by atoms with Gasteiger partial charge in [-0.1, -0.05) is 6.92 Å². The fraction of sp³-hybridized carbons (Fsp3) is 0.889. The Labute approximate surface area is 90.1 Å². The van der Waals surface area contributed by atoms with Crippen molar-refractivity contribution in [2.75, 3.05) is 12.8 Å². The maximum absolute atomic E-state index is 11.4. The molecule has 1 aliphatic heterocycles. The van der Waals surface area contributed by atoms with Crippen molar-refractivity contribution in [3.8, 4) is 0 Å². The predicted octanol–water partition coefficient (Wildman–Crippen LogP) is 0.521. The second-order valence-corrected chi connectivity index (χ2v) is 6.19. The summed E-state index contributed by atoms with van der Waals surface area (Å²) in [4.78, 5) is 10.6. The normalized spacial score (nSPS) is 28.9. The van der Waals surface area contributed by atoms with Gasteiger partial charge in [-0.15, -0.1) is 0 Å². The van der Waals surface area contributed by atoms with Gasteiger partial charge in [-0.25, -0.2) is 8.42 Å². The number of aliphatic carboxylic acids is 1. The van der Waals surface area contributed by atoms with Crippen LogP contribution in [0, 0.1) is 5.92 Å². The summed E-state index contributed by atoms with van der Waals surface area (Å²) in [5, 5.41) is 8.71. The molecular formula is C9H17NO4S. The van der Waals surface area contributed by atoms with Crippen LogP contribution in [0.15, 0.2) is 0 Å². The molecule has 1 saturated heterocycles. The zero-order chi connectivity index (χ0) is 11.6. The Bertz CT molecular complexity index is 338. The summed E-state index contributed by atoms with van der Waals surface area (Å²) in [5.74, 6) is -0.546. The van der Waals surface area contributed by atoms with E-state index in [9.17, 15) is 13.2 Å². The van der Waals surface area contributed by atoms with Crippen molar-refractivity contribution < 1.29 is 18.3 Å². The number of hydrogen-bond donors (Lipinski definition) is 1. The molecule has 0 saturated carbocycles. The van der Waals surface area contributed by atoms with Gasteiger partial charge in [0, 0.05) is 12.6 Å². The second kappa shape index (κ2) is 4.49. The summed E-state index contributed by atoms with van der Waals surface area (Å²) in [5.41, 5.74) is 0. The van der Waals surface area contributed by atoms with Crippen molar-refractivity contribution in [2.24, 2.45) is 5.92 Å². The molecule has 1 fully saturated rings. The van der Waals surface area contributed by atoms with Crippen LogP contribution in [-0.4, -0.2) is 42.6 Å². The Balaban J connectivity index is 2.80. The SMILES string of the molecule is CC1CCN(S(C)(=O)=O)C(CC(=O)O)C1. The van der Waals surface area contributed by atoms with Crippen molar-refractivity contribution in [3.63, 3.8) is 0 Å². The maximum atomic E-state index is 11.4. The first kappa shape index (κ1) is 12.4. The molecule has 0 aromatic rings. The fourth-order valence-electron chi connectivity index (χ4n) is 2.05. The van der Waals surface area contributed by atoms with Crippen LogP contribution in [0.2, 0.25) is 0 Å². The highest BCUT2D eigenvalue weighted by atomic mass is 32.2. The highest BCUT2D eigenvalue weighted by Crippen LogP contribution is 2.26. The third-order valence-corrected chi connectivity index (χ3v) is 4.09. The molecule has 0 aromatic heterocycles. The van der Waals surface area contributed by atoms with Gasteiger partial charge in [0.15, 0.2) is 0 Å². The molecule has 2 atom stereocenters. The van der Waals surface area contributed by atoms with E-state index in [2.05, 4.69) is 0 Å². The molecule has 1 heterocycles. The molecule has 6 heteroatoms. The fourth-order valence-corrected chi connectivity index (χ4v) is 3.19. The van der Waals surface area contributed by atoms with Gasteiger partial charge in [0.25, 0.3) is 0 Å². The number of sulfonamides is 1. The first-order valence-electron chi connectivity index (χ1n) is 4.99. The molecule has 1 aliphatic rings. The zero-order valence-corrected chi connectivity index (χ0v) is 9.83. The highest BCUT2D eigenvalue weighted by Gasteiger charge is 2.33. The van der Waals surface area contributed by atoms with Crippen LogP contribution in [0.5, 0.6) is 0 Å². The Morgan fingerprint density at radius 2 is 2.13 bits per heavy atom. The molecule has 1 N–H and O–H groups in total. The zero-order valence-electron chi connectivity index (χ0n) is 9.01. The van der Waals surface area contributed by atoms with E-state index in [-0.39, 0.29) is 12.5 Å². The van der Waals surface area contributed by atoms with Gasteiger partial charge in [-0.3, -0.25) is 4.79 Å². The van der Waals surface area contributed by atoms with Gasteiger partial charge in [0.1, 0.15) is 0 Å². The van der Waals surface area contributed by atoms with Gasteiger partial charge in [0.2, 0.25) is 10.0 Å². The van der Waals surface area contributed by atoms with Gasteiger partial charge in [-0.2, -0.15) is 4.31 Å². The average Bonchev–Trinajstić information content (AvgIpc) is 1.99. The molecular weight excluding hydrogens is 218 g/mol. The van der Waals surface area contributed by atoms with Crippen LogP contribution in [0.1, 0.15) is 26.2 Å². The van der Waals surface area contributed by atoms with Crippen LogP contribution >= 0.6 is 0 Å². The van der Waals surface area contributed by atoms with Crippen molar-refractivity contribution in [1.29, 1.82) is 0 Å². The second-order valence-electron chi connectivity index (χ2n) is 4.25. The Morgan fingerprint density at radius 1 is 1.53 bits per heavy atom. The maximum Gasteiger partial charge on any atom is 0.304 e. The van der Waals surface area contributed by atoms with Crippen molar-refractivity contribution in [2.45, 2.75) is 32.2 Å². The molecule has 1 rings (SSSR count). The summed E-state index contributed by atoms with van der Waals surface area (Å²) < 4.78 is 24.2. The Morgan fingerprint density at radius 3 is 2.60 bits per heavy atom.